The van der Waals surface area contributed by atoms with Gasteiger partial charge in [-0.1, -0.05) is 11.6 Å². The van der Waals surface area contributed by atoms with E-state index in [4.69, 9.17) is 22.1 Å². The Labute approximate surface area is 123 Å². The van der Waals surface area contributed by atoms with Crippen molar-refractivity contribution in [3.05, 3.63) is 22.7 Å². The summed E-state index contributed by atoms with van der Waals surface area (Å²) in [5, 5.41) is 9.72. The van der Waals surface area contributed by atoms with E-state index in [9.17, 15) is 9.90 Å². The Kier molecular flexibility index (Phi) is 4.73. The lowest BCUT2D eigenvalue weighted by Gasteiger charge is -2.34. The minimum Gasteiger partial charge on any atom is -0.478 e. The van der Waals surface area contributed by atoms with E-state index in [1.54, 1.807) is 13.2 Å². The number of benzene rings is 1. The largest absolute Gasteiger partial charge is 0.478 e. The second-order valence-electron chi connectivity index (χ2n) is 5.09. The maximum atomic E-state index is 11.4. The predicted molar refractivity (Wildman–Crippen MR) is 79.6 cm³/mol. The highest BCUT2D eigenvalue weighted by molar-refractivity contribution is 6.34. The molecule has 6 heteroatoms. The molecule has 1 aromatic rings. The molecule has 1 saturated heterocycles. The van der Waals surface area contributed by atoms with E-state index in [1.807, 2.05) is 4.90 Å². The molecule has 0 atom stereocenters. The maximum Gasteiger partial charge on any atom is 0.337 e. The van der Waals surface area contributed by atoms with Crippen molar-refractivity contribution in [2.45, 2.75) is 12.8 Å². The van der Waals surface area contributed by atoms with Crippen LogP contribution in [0.3, 0.4) is 0 Å². The molecule has 0 saturated carbocycles. The molecule has 2 rings (SSSR count). The molecular formula is C14H19ClN2O3. The van der Waals surface area contributed by atoms with Crippen LogP contribution in [-0.4, -0.2) is 37.9 Å². The number of nitrogens with two attached hydrogens (primary N) is 1. The van der Waals surface area contributed by atoms with Gasteiger partial charge in [0.2, 0.25) is 0 Å². The number of nitrogen functional groups attached to an aromatic ring is 1. The summed E-state index contributed by atoms with van der Waals surface area (Å²) in [7, 11) is 1.70. The average Bonchev–Trinajstić information content (AvgIpc) is 2.39. The third kappa shape index (κ3) is 3.16. The number of hydrogen-bond acceptors (Lipinski definition) is 4. The first kappa shape index (κ1) is 14.9. The molecule has 3 N–H and O–H groups in total. The van der Waals surface area contributed by atoms with Crippen molar-refractivity contribution in [3.63, 3.8) is 0 Å². The summed E-state index contributed by atoms with van der Waals surface area (Å²) in [6.45, 7) is 2.30. The van der Waals surface area contributed by atoms with Crippen LogP contribution in [0.15, 0.2) is 12.1 Å². The molecule has 1 fully saturated rings. The van der Waals surface area contributed by atoms with E-state index in [-0.39, 0.29) is 5.56 Å². The molecule has 1 aliphatic heterocycles. The second-order valence-corrected chi connectivity index (χ2v) is 5.50. The average molecular weight is 299 g/mol. The normalized spacial score (nSPS) is 16.4. The number of nitrogens with zero attached hydrogens (tertiary/aromatic N) is 1. The fourth-order valence-corrected chi connectivity index (χ4v) is 3.01. The van der Waals surface area contributed by atoms with Crippen molar-refractivity contribution in [2.75, 3.05) is 37.4 Å². The summed E-state index contributed by atoms with van der Waals surface area (Å²) < 4.78 is 5.17. The van der Waals surface area contributed by atoms with Crippen molar-refractivity contribution in [3.8, 4) is 0 Å². The number of carboxylic acid groups (broad SMARTS) is 1. The minimum absolute atomic E-state index is 0.167. The lowest BCUT2D eigenvalue weighted by Crippen LogP contribution is -2.36. The standard InChI is InChI=1S/C14H19ClN2O3/c1-20-8-9-2-4-17(5-3-9)13-11(14(18)19)6-10(16)7-12(13)15/h6-7,9H,2-5,8,16H2,1H3,(H,18,19). The van der Waals surface area contributed by atoms with Gasteiger partial charge in [-0.25, -0.2) is 4.79 Å². The van der Waals surface area contributed by atoms with Crippen LogP contribution in [0.25, 0.3) is 0 Å². The SMILES string of the molecule is COCC1CCN(c2c(Cl)cc(N)cc2C(=O)O)CC1. The number of hydrogen-bond donors (Lipinski definition) is 2. The maximum absolute atomic E-state index is 11.4. The van der Waals surface area contributed by atoms with Crippen LogP contribution in [0.5, 0.6) is 0 Å². The Hall–Kier alpha value is -1.46. The molecule has 110 valence electrons. The number of ether oxygens (including phenoxy) is 1. The first-order valence-corrected chi connectivity index (χ1v) is 6.97. The monoisotopic (exact) mass is 298 g/mol. The molecule has 1 aromatic carbocycles. The number of anilines is 2. The molecule has 5 nitrogen and oxygen atoms in total. The molecule has 20 heavy (non-hydrogen) atoms. The molecule has 0 bridgehead atoms. The molecular weight excluding hydrogens is 280 g/mol. The summed E-state index contributed by atoms with van der Waals surface area (Å²) >= 11 is 6.20. The molecule has 0 aromatic heterocycles. The molecule has 1 aliphatic rings. The highest BCUT2D eigenvalue weighted by atomic mass is 35.5. The fraction of sp³-hybridized carbons (Fsp3) is 0.500. The zero-order valence-electron chi connectivity index (χ0n) is 11.4. The molecule has 0 unspecified atom stereocenters. The van der Waals surface area contributed by atoms with Gasteiger partial charge in [0.25, 0.3) is 0 Å². The van der Waals surface area contributed by atoms with Crippen LogP contribution in [0, 0.1) is 5.92 Å². The Bertz CT molecular complexity index is 499. The van der Waals surface area contributed by atoms with E-state index in [0.717, 1.165) is 32.5 Å². The third-order valence-electron chi connectivity index (χ3n) is 3.65. The summed E-state index contributed by atoms with van der Waals surface area (Å²) in [4.78, 5) is 13.4. The lowest BCUT2D eigenvalue weighted by atomic mass is 9.96. The van der Waals surface area contributed by atoms with Crippen molar-refractivity contribution in [1.29, 1.82) is 0 Å². The highest BCUT2D eigenvalue weighted by Crippen LogP contribution is 2.35. The van der Waals surface area contributed by atoms with Crippen LogP contribution in [0.2, 0.25) is 5.02 Å². The summed E-state index contributed by atoms with van der Waals surface area (Å²) in [6, 6.07) is 3.06. The number of rotatable bonds is 4. The van der Waals surface area contributed by atoms with Crippen molar-refractivity contribution < 1.29 is 14.6 Å². The van der Waals surface area contributed by atoms with Crippen molar-refractivity contribution in [2.24, 2.45) is 5.92 Å². The van der Waals surface area contributed by atoms with Crippen LogP contribution < -0.4 is 10.6 Å². The zero-order chi connectivity index (χ0) is 14.7. The van der Waals surface area contributed by atoms with Crippen LogP contribution >= 0.6 is 11.6 Å². The van der Waals surface area contributed by atoms with Crippen LogP contribution in [0.1, 0.15) is 23.2 Å². The first-order chi connectivity index (χ1) is 9.52. The van der Waals surface area contributed by atoms with Gasteiger partial charge in [0, 0.05) is 32.5 Å². The molecule has 0 amide bonds. The van der Waals surface area contributed by atoms with Gasteiger partial charge in [-0.15, -0.1) is 0 Å². The van der Waals surface area contributed by atoms with Gasteiger partial charge in [-0.3, -0.25) is 0 Å². The van der Waals surface area contributed by atoms with E-state index in [1.165, 1.54) is 6.07 Å². The Morgan fingerprint density at radius 3 is 2.70 bits per heavy atom. The minimum atomic E-state index is -1.01. The van der Waals surface area contributed by atoms with Gasteiger partial charge in [0.15, 0.2) is 0 Å². The summed E-state index contributed by atoms with van der Waals surface area (Å²) in [6.07, 6.45) is 1.93. The first-order valence-electron chi connectivity index (χ1n) is 6.59. The van der Waals surface area contributed by atoms with E-state index in [0.29, 0.717) is 22.3 Å². The topological polar surface area (TPSA) is 75.8 Å². The predicted octanol–water partition coefficient (Wildman–Crippen LogP) is 2.48. The van der Waals surface area contributed by atoms with Gasteiger partial charge in [-0.2, -0.15) is 0 Å². The number of carbonyl (C=O) groups is 1. The fourth-order valence-electron chi connectivity index (χ4n) is 2.66. The summed E-state index contributed by atoms with van der Waals surface area (Å²) in [5.74, 6) is -0.481. The number of carboxylic acids is 1. The smallest absolute Gasteiger partial charge is 0.337 e. The highest BCUT2D eigenvalue weighted by Gasteiger charge is 2.25. The van der Waals surface area contributed by atoms with Crippen LogP contribution in [0.4, 0.5) is 11.4 Å². The second kappa shape index (κ2) is 6.33. The molecule has 0 aliphatic carbocycles. The molecule has 0 spiro atoms. The van der Waals surface area contributed by atoms with Gasteiger partial charge >= 0.3 is 5.97 Å². The Morgan fingerprint density at radius 1 is 1.50 bits per heavy atom. The Morgan fingerprint density at radius 2 is 2.15 bits per heavy atom. The van der Waals surface area contributed by atoms with E-state index < -0.39 is 5.97 Å². The number of halogens is 1. The summed E-state index contributed by atoms with van der Waals surface area (Å²) in [5.41, 5.74) is 6.78. The van der Waals surface area contributed by atoms with Gasteiger partial charge in [0.1, 0.15) is 0 Å². The van der Waals surface area contributed by atoms with Crippen molar-refractivity contribution >= 4 is 28.9 Å². The third-order valence-corrected chi connectivity index (χ3v) is 3.94. The van der Waals surface area contributed by atoms with Crippen LogP contribution in [-0.2, 0) is 4.74 Å². The lowest BCUT2D eigenvalue weighted by molar-refractivity contribution is 0.0697. The number of piperidine rings is 1. The van der Waals surface area contributed by atoms with E-state index in [2.05, 4.69) is 0 Å². The molecule has 0 radical (unpaired) electrons. The van der Waals surface area contributed by atoms with Gasteiger partial charge in [0.05, 0.1) is 16.3 Å². The van der Waals surface area contributed by atoms with E-state index >= 15 is 0 Å². The zero-order valence-corrected chi connectivity index (χ0v) is 12.2. The number of aromatic carboxylic acids is 1. The van der Waals surface area contributed by atoms with Gasteiger partial charge < -0.3 is 20.5 Å². The molecule has 1 heterocycles. The Balaban J connectivity index is 2.23. The number of methoxy groups -OCH3 is 1. The van der Waals surface area contributed by atoms with Crippen molar-refractivity contribution in [1.82, 2.24) is 0 Å². The quantitative estimate of drug-likeness (QED) is 0.835. The van der Waals surface area contributed by atoms with Gasteiger partial charge in [-0.05, 0) is 30.9 Å².